The number of fused-ring (bicyclic) bond motifs is 1. The molecule has 0 radical (unpaired) electrons. The lowest BCUT2D eigenvalue weighted by Gasteiger charge is -2.05. The minimum Gasteiger partial charge on any atom is -0.481 e. The molecule has 2 aromatic rings. The molecule has 1 aromatic heterocycles. The maximum absolute atomic E-state index is 13.8. The van der Waals surface area contributed by atoms with E-state index in [0.29, 0.717) is 17.2 Å². The molecular formula is C14H14F2N2O2S. The summed E-state index contributed by atoms with van der Waals surface area (Å²) in [6.07, 6.45) is 1.88. The van der Waals surface area contributed by atoms with Gasteiger partial charge in [-0.15, -0.1) is 0 Å². The zero-order valence-electron chi connectivity index (χ0n) is 11.6. The number of carboxylic acid groups (broad SMARTS) is 1. The number of carboxylic acids is 1. The fourth-order valence-electron chi connectivity index (χ4n) is 1.81. The predicted octanol–water partition coefficient (Wildman–Crippen LogP) is 3.46. The number of hydrogen-bond donors (Lipinski definition) is 1. The Morgan fingerprint density at radius 1 is 1.43 bits per heavy atom. The molecule has 1 N–H and O–H groups in total. The molecule has 0 aliphatic heterocycles. The van der Waals surface area contributed by atoms with Crippen molar-refractivity contribution in [3.05, 3.63) is 35.4 Å². The second-order valence-corrected chi connectivity index (χ2v) is 5.67. The number of carbonyl (C=O) groups is 1. The molecule has 7 heteroatoms. The predicted molar refractivity (Wildman–Crippen MR) is 77.4 cm³/mol. The van der Waals surface area contributed by atoms with Gasteiger partial charge >= 0.3 is 5.97 Å². The molecule has 1 heterocycles. The van der Waals surface area contributed by atoms with E-state index >= 15 is 0 Å². The summed E-state index contributed by atoms with van der Waals surface area (Å²) in [6, 6.07) is 1.97. The molecular weight excluding hydrogens is 298 g/mol. The van der Waals surface area contributed by atoms with Gasteiger partial charge in [0.05, 0.1) is 11.3 Å². The summed E-state index contributed by atoms with van der Waals surface area (Å²) < 4.78 is 28.8. The summed E-state index contributed by atoms with van der Waals surface area (Å²) in [5.41, 5.74) is 1.41. The van der Waals surface area contributed by atoms with Crippen LogP contribution in [0.3, 0.4) is 0 Å². The van der Waals surface area contributed by atoms with Gasteiger partial charge in [-0.25, -0.2) is 13.8 Å². The molecule has 0 saturated carbocycles. The maximum atomic E-state index is 13.8. The Labute approximate surface area is 124 Å². The lowest BCUT2D eigenvalue weighted by molar-refractivity contribution is -0.133. The van der Waals surface area contributed by atoms with Gasteiger partial charge in [-0.05, 0) is 13.8 Å². The van der Waals surface area contributed by atoms with Gasteiger partial charge in [0.25, 0.3) is 0 Å². The standard InChI is InChI=1S/C14H14F2N2O2S/c1-8(2)3-4-18-11-6-9(15)5-10(16)13(11)17-14(18)21-7-12(19)20/h3,5-6H,4,7H2,1-2H3,(H,19,20). The highest BCUT2D eigenvalue weighted by Gasteiger charge is 2.16. The van der Waals surface area contributed by atoms with Crippen LogP contribution in [0.4, 0.5) is 8.78 Å². The zero-order chi connectivity index (χ0) is 15.6. The van der Waals surface area contributed by atoms with Crippen molar-refractivity contribution >= 4 is 28.8 Å². The fraction of sp³-hybridized carbons (Fsp3) is 0.286. The van der Waals surface area contributed by atoms with Crippen LogP contribution < -0.4 is 0 Å². The minimum absolute atomic E-state index is 0.0476. The summed E-state index contributed by atoms with van der Waals surface area (Å²) in [5.74, 6) is -2.62. The Bertz CT molecular complexity index is 721. The van der Waals surface area contributed by atoms with Crippen molar-refractivity contribution in [2.45, 2.75) is 25.5 Å². The van der Waals surface area contributed by atoms with Gasteiger partial charge in [-0.2, -0.15) is 0 Å². The Morgan fingerprint density at radius 3 is 2.76 bits per heavy atom. The third-order valence-corrected chi connectivity index (χ3v) is 3.71. The van der Waals surface area contributed by atoms with Crippen molar-refractivity contribution in [2.24, 2.45) is 0 Å². The molecule has 0 saturated heterocycles. The van der Waals surface area contributed by atoms with Crippen LogP contribution in [-0.2, 0) is 11.3 Å². The molecule has 21 heavy (non-hydrogen) atoms. The first-order chi connectivity index (χ1) is 9.88. The number of hydrogen-bond acceptors (Lipinski definition) is 3. The van der Waals surface area contributed by atoms with Crippen molar-refractivity contribution in [3.8, 4) is 0 Å². The van der Waals surface area contributed by atoms with Gasteiger partial charge in [-0.1, -0.05) is 23.4 Å². The van der Waals surface area contributed by atoms with Gasteiger partial charge in [0, 0.05) is 18.7 Å². The Hall–Kier alpha value is -1.89. The molecule has 0 bridgehead atoms. The summed E-state index contributed by atoms with van der Waals surface area (Å²) >= 11 is 0.981. The van der Waals surface area contributed by atoms with E-state index in [2.05, 4.69) is 4.98 Å². The first-order valence-electron chi connectivity index (χ1n) is 6.21. The van der Waals surface area contributed by atoms with Gasteiger partial charge in [-0.3, -0.25) is 4.79 Å². The van der Waals surface area contributed by atoms with Crippen molar-refractivity contribution in [1.29, 1.82) is 0 Å². The van der Waals surface area contributed by atoms with E-state index in [4.69, 9.17) is 5.11 Å². The smallest absolute Gasteiger partial charge is 0.313 e. The molecule has 0 fully saturated rings. The van der Waals surface area contributed by atoms with Crippen molar-refractivity contribution in [1.82, 2.24) is 9.55 Å². The van der Waals surface area contributed by atoms with Crippen molar-refractivity contribution < 1.29 is 18.7 Å². The van der Waals surface area contributed by atoms with Gasteiger partial charge in [0.15, 0.2) is 11.0 Å². The summed E-state index contributed by atoms with van der Waals surface area (Å²) in [5, 5.41) is 9.11. The molecule has 1 aromatic carbocycles. The average Bonchev–Trinajstić information content (AvgIpc) is 2.72. The van der Waals surface area contributed by atoms with E-state index in [1.807, 2.05) is 19.9 Å². The Balaban J connectivity index is 2.54. The van der Waals surface area contributed by atoms with Crippen LogP contribution >= 0.6 is 11.8 Å². The number of aromatic nitrogens is 2. The number of allylic oxidation sites excluding steroid dienone is 2. The Kier molecular flexibility index (Phi) is 4.62. The van der Waals surface area contributed by atoms with E-state index in [1.54, 1.807) is 4.57 Å². The molecule has 0 atom stereocenters. The van der Waals surface area contributed by atoms with Crippen LogP contribution in [0.2, 0.25) is 0 Å². The van der Waals surface area contributed by atoms with Gasteiger partial charge < -0.3 is 9.67 Å². The van der Waals surface area contributed by atoms with Gasteiger partial charge in [0.1, 0.15) is 11.3 Å². The molecule has 2 rings (SSSR count). The number of nitrogens with zero attached hydrogens (tertiary/aromatic N) is 2. The van der Waals surface area contributed by atoms with E-state index < -0.39 is 17.6 Å². The monoisotopic (exact) mass is 312 g/mol. The quantitative estimate of drug-likeness (QED) is 0.678. The number of thioether (sulfide) groups is 1. The highest BCUT2D eigenvalue weighted by Crippen LogP contribution is 2.27. The maximum Gasteiger partial charge on any atom is 0.313 e. The topological polar surface area (TPSA) is 55.1 Å². The molecule has 0 amide bonds. The highest BCUT2D eigenvalue weighted by atomic mass is 32.2. The van der Waals surface area contributed by atoms with Crippen molar-refractivity contribution in [2.75, 3.05) is 5.75 Å². The third-order valence-electron chi connectivity index (χ3n) is 2.74. The average molecular weight is 312 g/mol. The van der Waals surface area contributed by atoms with E-state index in [0.717, 1.165) is 23.4 Å². The largest absolute Gasteiger partial charge is 0.481 e. The van der Waals surface area contributed by atoms with Crippen molar-refractivity contribution in [3.63, 3.8) is 0 Å². The van der Waals surface area contributed by atoms with Crippen LogP contribution in [-0.4, -0.2) is 26.4 Å². The molecule has 0 aliphatic carbocycles. The molecule has 4 nitrogen and oxygen atoms in total. The summed E-state index contributed by atoms with van der Waals surface area (Å²) in [4.78, 5) is 14.8. The minimum atomic E-state index is -0.993. The third kappa shape index (κ3) is 3.60. The Morgan fingerprint density at radius 2 is 2.14 bits per heavy atom. The lowest BCUT2D eigenvalue weighted by Crippen LogP contribution is -2.02. The fourth-order valence-corrected chi connectivity index (χ4v) is 2.55. The molecule has 0 unspecified atom stereocenters. The van der Waals surface area contributed by atoms with E-state index in [1.165, 1.54) is 6.07 Å². The van der Waals surface area contributed by atoms with E-state index in [-0.39, 0.29) is 11.3 Å². The number of imidazole rings is 1. The SMILES string of the molecule is CC(C)=CCn1c(SCC(=O)O)nc2c(F)cc(F)cc21. The zero-order valence-corrected chi connectivity index (χ0v) is 12.4. The first-order valence-corrected chi connectivity index (χ1v) is 7.20. The second kappa shape index (κ2) is 6.26. The molecule has 0 aliphatic rings. The number of aliphatic carboxylic acids is 1. The number of benzene rings is 1. The highest BCUT2D eigenvalue weighted by molar-refractivity contribution is 7.99. The van der Waals surface area contributed by atoms with Crippen LogP contribution in [0.25, 0.3) is 11.0 Å². The molecule has 112 valence electrons. The van der Waals surface area contributed by atoms with Crippen LogP contribution in [0.1, 0.15) is 13.8 Å². The lowest BCUT2D eigenvalue weighted by atomic mass is 10.3. The second-order valence-electron chi connectivity index (χ2n) is 4.72. The normalized spacial score (nSPS) is 10.9. The number of halogens is 2. The summed E-state index contributed by atoms with van der Waals surface area (Å²) in [7, 11) is 0. The first kappa shape index (κ1) is 15.5. The summed E-state index contributed by atoms with van der Waals surface area (Å²) in [6.45, 7) is 4.19. The number of rotatable bonds is 5. The van der Waals surface area contributed by atoms with Gasteiger partial charge in [0.2, 0.25) is 0 Å². The van der Waals surface area contributed by atoms with Crippen LogP contribution in [0.5, 0.6) is 0 Å². The van der Waals surface area contributed by atoms with E-state index in [9.17, 15) is 13.6 Å². The molecule has 0 spiro atoms. The van der Waals surface area contributed by atoms with Crippen LogP contribution in [0, 0.1) is 11.6 Å². The van der Waals surface area contributed by atoms with Crippen LogP contribution in [0.15, 0.2) is 28.9 Å².